The standard InChI is InChI=1S/C22H27NO3/c1-18(2)21(17-25-15-19-10-6-4-7-11-19)23(3)14-22(24)26-16-20-12-8-5-9-13-20/h4-13,21H,1,14-17H2,2-3H3. The van der Waals surface area contributed by atoms with Crippen LogP contribution in [0.2, 0.25) is 0 Å². The zero-order chi connectivity index (χ0) is 18.8. The van der Waals surface area contributed by atoms with Crippen LogP contribution < -0.4 is 0 Å². The summed E-state index contributed by atoms with van der Waals surface area (Å²) in [6.07, 6.45) is 0. The molecule has 0 spiro atoms. The molecule has 26 heavy (non-hydrogen) atoms. The Labute approximate surface area is 156 Å². The van der Waals surface area contributed by atoms with Gasteiger partial charge in [-0.25, -0.2) is 0 Å². The first-order chi connectivity index (χ1) is 12.6. The van der Waals surface area contributed by atoms with Gasteiger partial charge in [-0.05, 0) is 25.1 Å². The van der Waals surface area contributed by atoms with Gasteiger partial charge >= 0.3 is 5.97 Å². The lowest BCUT2D eigenvalue weighted by atomic mass is 10.1. The molecule has 1 unspecified atom stereocenters. The number of likely N-dealkylation sites (N-methyl/N-ethyl adjacent to an activating group) is 1. The molecule has 138 valence electrons. The molecule has 2 rings (SSSR count). The van der Waals surface area contributed by atoms with E-state index in [2.05, 4.69) is 6.58 Å². The monoisotopic (exact) mass is 353 g/mol. The molecule has 0 N–H and O–H groups in total. The van der Waals surface area contributed by atoms with Gasteiger partial charge in [0.25, 0.3) is 0 Å². The summed E-state index contributed by atoms with van der Waals surface area (Å²) >= 11 is 0. The highest BCUT2D eigenvalue weighted by Gasteiger charge is 2.19. The molecular weight excluding hydrogens is 326 g/mol. The Bertz CT molecular complexity index is 685. The topological polar surface area (TPSA) is 38.8 Å². The fourth-order valence-electron chi connectivity index (χ4n) is 2.61. The summed E-state index contributed by atoms with van der Waals surface area (Å²) in [6.45, 7) is 7.47. The Morgan fingerprint density at radius 2 is 1.54 bits per heavy atom. The number of rotatable bonds is 10. The molecule has 2 aromatic rings. The lowest BCUT2D eigenvalue weighted by Crippen LogP contribution is -2.40. The number of carbonyl (C=O) groups is 1. The quantitative estimate of drug-likeness (QED) is 0.481. The lowest BCUT2D eigenvalue weighted by molar-refractivity contribution is -0.146. The molecule has 0 heterocycles. The molecule has 0 aliphatic rings. The number of esters is 1. The molecule has 0 aromatic heterocycles. The maximum Gasteiger partial charge on any atom is 0.320 e. The average molecular weight is 353 g/mol. The zero-order valence-electron chi connectivity index (χ0n) is 15.6. The van der Waals surface area contributed by atoms with Crippen molar-refractivity contribution in [3.05, 3.63) is 83.9 Å². The molecule has 0 aliphatic heterocycles. The van der Waals surface area contributed by atoms with Crippen LogP contribution in [0.4, 0.5) is 0 Å². The lowest BCUT2D eigenvalue weighted by Gasteiger charge is -2.27. The molecule has 0 aliphatic carbocycles. The van der Waals surface area contributed by atoms with Crippen LogP contribution in [0.15, 0.2) is 72.8 Å². The van der Waals surface area contributed by atoms with Crippen molar-refractivity contribution in [3.8, 4) is 0 Å². The number of ether oxygens (including phenoxy) is 2. The van der Waals surface area contributed by atoms with Crippen LogP contribution in [-0.2, 0) is 27.5 Å². The number of hydrogen-bond donors (Lipinski definition) is 0. The third kappa shape index (κ3) is 6.82. The van der Waals surface area contributed by atoms with Crippen LogP contribution in [0, 0.1) is 0 Å². The van der Waals surface area contributed by atoms with Crippen molar-refractivity contribution in [2.24, 2.45) is 0 Å². The highest BCUT2D eigenvalue weighted by atomic mass is 16.5. The Morgan fingerprint density at radius 3 is 2.08 bits per heavy atom. The molecule has 4 heteroatoms. The van der Waals surface area contributed by atoms with Gasteiger partial charge < -0.3 is 9.47 Å². The minimum Gasteiger partial charge on any atom is -0.460 e. The molecule has 0 amide bonds. The first-order valence-corrected chi connectivity index (χ1v) is 8.73. The molecule has 0 bridgehead atoms. The van der Waals surface area contributed by atoms with Crippen molar-refractivity contribution >= 4 is 5.97 Å². The van der Waals surface area contributed by atoms with Gasteiger partial charge in [0.05, 0.1) is 25.8 Å². The summed E-state index contributed by atoms with van der Waals surface area (Å²) in [4.78, 5) is 14.0. The second-order valence-electron chi connectivity index (χ2n) is 6.42. The first kappa shape index (κ1) is 19.9. The van der Waals surface area contributed by atoms with E-state index >= 15 is 0 Å². The Balaban J connectivity index is 1.78. The summed E-state index contributed by atoms with van der Waals surface area (Å²) in [5.74, 6) is -0.259. The smallest absolute Gasteiger partial charge is 0.320 e. The van der Waals surface area contributed by atoms with Crippen LogP contribution >= 0.6 is 0 Å². The second kappa shape index (κ2) is 10.5. The molecule has 0 radical (unpaired) electrons. The third-order valence-electron chi connectivity index (χ3n) is 4.11. The van der Waals surface area contributed by atoms with E-state index in [-0.39, 0.29) is 25.2 Å². The second-order valence-corrected chi connectivity index (χ2v) is 6.42. The van der Waals surface area contributed by atoms with Crippen molar-refractivity contribution in [2.45, 2.75) is 26.2 Å². The van der Waals surface area contributed by atoms with Crippen molar-refractivity contribution in [1.29, 1.82) is 0 Å². The molecule has 0 saturated heterocycles. The van der Waals surface area contributed by atoms with E-state index < -0.39 is 0 Å². The SMILES string of the molecule is C=C(C)C(COCc1ccccc1)N(C)CC(=O)OCc1ccccc1. The van der Waals surface area contributed by atoms with E-state index in [4.69, 9.17) is 9.47 Å². The van der Waals surface area contributed by atoms with E-state index in [1.807, 2.05) is 79.5 Å². The van der Waals surface area contributed by atoms with E-state index in [0.717, 1.165) is 16.7 Å². The summed E-state index contributed by atoms with van der Waals surface area (Å²) < 4.78 is 11.2. The molecule has 4 nitrogen and oxygen atoms in total. The van der Waals surface area contributed by atoms with Gasteiger partial charge in [-0.3, -0.25) is 9.69 Å². The largest absolute Gasteiger partial charge is 0.460 e. The van der Waals surface area contributed by atoms with Crippen molar-refractivity contribution in [1.82, 2.24) is 4.90 Å². The molecule has 0 fully saturated rings. The summed E-state index contributed by atoms with van der Waals surface area (Å²) in [5, 5.41) is 0. The maximum absolute atomic E-state index is 12.1. The summed E-state index contributed by atoms with van der Waals surface area (Å²) in [6, 6.07) is 19.6. The molecular formula is C22H27NO3. The summed E-state index contributed by atoms with van der Waals surface area (Å²) in [5.41, 5.74) is 3.06. The van der Waals surface area contributed by atoms with Crippen molar-refractivity contribution < 1.29 is 14.3 Å². The molecule has 2 aromatic carbocycles. The van der Waals surface area contributed by atoms with Gasteiger partial charge in [-0.1, -0.05) is 72.8 Å². The zero-order valence-corrected chi connectivity index (χ0v) is 15.6. The van der Waals surface area contributed by atoms with Gasteiger partial charge in [0.15, 0.2) is 0 Å². The number of benzene rings is 2. The highest BCUT2D eigenvalue weighted by Crippen LogP contribution is 2.10. The van der Waals surface area contributed by atoms with Crippen LogP contribution in [0.5, 0.6) is 0 Å². The third-order valence-corrected chi connectivity index (χ3v) is 4.11. The van der Waals surface area contributed by atoms with Gasteiger partial charge in [0, 0.05) is 0 Å². The first-order valence-electron chi connectivity index (χ1n) is 8.73. The van der Waals surface area contributed by atoms with Crippen molar-refractivity contribution in [3.63, 3.8) is 0 Å². The van der Waals surface area contributed by atoms with E-state index in [9.17, 15) is 4.79 Å². The van der Waals surface area contributed by atoms with Gasteiger partial charge in [0.2, 0.25) is 0 Å². The maximum atomic E-state index is 12.1. The number of nitrogens with zero attached hydrogens (tertiary/aromatic N) is 1. The predicted octanol–water partition coefficient (Wildman–Crippen LogP) is 3.82. The Morgan fingerprint density at radius 1 is 1.00 bits per heavy atom. The Kier molecular flexibility index (Phi) is 8.06. The average Bonchev–Trinajstić information content (AvgIpc) is 2.65. The molecule has 1 atom stereocenters. The molecule has 0 saturated carbocycles. The van der Waals surface area contributed by atoms with E-state index in [0.29, 0.717) is 13.2 Å². The fourth-order valence-corrected chi connectivity index (χ4v) is 2.61. The van der Waals surface area contributed by atoms with Crippen LogP contribution in [0.3, 0.4) is 0 Å². The van der Waals surface area contributed by atoms with Gasteiger partial charge in [-0.15, -0.1) is 0 Å². The Hall–Kier alpha value is -2.43. The van der Waals surface area contributed by atoms with E-state index in [1.165, 1.54) is 0 Å². The van der Waals surface area contributed by atoms with Gasteiger partial charge in [0.1, 0.15) is 6.61 Å². The number of hydrogen-bond acceptors (Lipinski definition) is 4. The van der Waals surface area contributed by atoms with Crippen molar-refractivity contribution in [2.75, 3.05) is 20.2 Å². The predicted molar refractivity (Wildman–Crippen MR) is 104 cm³/mol. The fraction of sp³-hybridized carbons (Fsp3) is 0.318. The highest BCUT2D eigenvalue weighted by molar-refractivity contribution is 5.71. The summed E-state index contributed by atoms with van der Waals surface area (Å²) in [7, 11) is 1.88. The van der Waals surface area contributed by atoms with E-state index in [1.54, 1.807) is 0 Å². The minimum absolute atomic E-state index is 0.0389. The van der Waals surface area contributed by atoms with Crippen LogP contribution in [-0.4, -0.2) is 37.1 Å². The van der Waals surface area contributed by atoms with Gasteiger partial charge in [-0.2, -0.15) is 0 Å². The number of carbonyl (C=O) groups excluding carboxylic acids is 1. The minimum atomic E-state index is -0.259. The van der Waals surface area contributed by atoms with Crippen LogP contribution in [0.25, 0.3) is 0 Å². The normalized spacial score (nSPS) is 12.0. The van der Waals surface area contributed by atoms with Crippen LogP contribution in [0.1, 0.15) is 18.1 Å².